The van der Waals surface area contributed by atoms with E-state index >= 15 is 0 Å². The van der Waals surface area contributed by atoms with Crippen LogP contribution in [0.2, 0.25) is 0 Å². The SMILES string of the molecule is Cc1ccc2c(c1)OC(C(=O)NC(C)(C)CC(C)(C)C)CN2S(C)(=O)=O. The molecule has 26 heavy (non-hydrogen) atoms. The molecule has 0 radical (unpaired) electrons. The van der Waals surface area contributed by atoms with Crippen LogP contribution in [0, 0.1) is 12.3 Å². The number of rotatable bonds is 4. The molecule has 0 fully saturated rings. The van der Waals surface area contributed by atoms with E-state index in [0.717, 1.165) is 18.2 Å². The van der Waals surface area contributed by atoms with E-state index < -0.39 is 21.7 Å². The van der Waals surface area contributed by atoms with Gasteiger partial charge in [-0.25, -0.2) is 8.42 Å². The Morgan fingerprint density at radius 1 is 1.27 bits per heavy atom. The van der Waals surface area contributed by atoms with Crippen LogP contribution in [-0.4, -0.2) is 38.8 Å². The highest BCUT2D eigenvalue weighted by Gasteiger charge is 2.37. The Labute approximate surface area is 157 Å². The number of amides is 1. The second-order valence-corrected chi connectivity index (χ2v) is 10.9. The molecule has 1 unspecified atom stereocenters. The minimum absolute atomic E-state index is 0.0354. The molecule has 1 amide bonds. The lowest BCUT2D eigenvalue weighted by molar-refractivity contribution is -0.129. The van der Waals surface area contributed by atoms with Crippen molar-refractivity contribution in [3.63, 3.8) is 0 Å². The van der Waals surface area contributed by atoms with Gasteiger partial charge in [-0.3, -0.25) is 9.10 Å². The first-order valence-corrected chi connectivity index (χ1v) is 10.6. The zero-order valence-electron chi connectivity index (χ0n) is 16.7. The Morgan fingerprint density at radius 2 is 1.88 bits per heavy atom. The van der Waals surface area contributed by atoms with Gasteiger partial charge in [0.15, 0.2) is 6.10 Å². The molecule has 2 rings (SSSR count). The molecule has 146 valence electrons. The number of anilines is 1. The number of carbonyl (C=O) groups is 1. The smallest absolute Gasteiger partial charge is 0.263 e. The van der Waals surface area contributed by atoms with Crippen molar-refractivity contribution in [1.82, 2.24) is 5.32 Å². The Morgan fingerprint density at radius 3 is 2.42 bits per heavy atom. The molecule has 1 aliphatic rings. The van der Waals surface area contributed by atoms with E-state index in [1.54, 1.807) is 12.1 Å². The van der Waals surface area contributed by atoms with E-state index in [1.807, 2.05) is 26.8 Å². The highest BCUT2D eigenvalue weighted by molar-refractivity contribution is 7.92. The van der Waals surface area contributed by atoms with Crippen molar-refractivity contribution in [2.75, 3.05) is 17.1 Å². The molecule has 0 spiro atoms. The molecule has 1 aromatic carbocycles. The molecule has 0 saturated carbocycles. The van der Waals surface area contributed by atoms with Crippen LogP contribution in [0.1, 0.15) is 46.6 Å². The maximum absolute atomic E-state index is 12.8. The van der Waals surface area contributed by atoms with Crippen LogP contribution in [-0.2, 0) is 14.8 Å². The van der Waals surface area contributed by atoms with Crippen LogP contribution in [0.25, 0.3) is 0 Å². The molecule has 1 atom stereocenters. The molecule has 0 aliphatic carbocycles. The van der Waals surface area contributed by atoms with Crippen LogP contribution >= 0.6 is 0 Å². The summed E-state index contributed by atoms with van der Waals surface area (Å²) in [6, 6.07) is 5.30. The Kier molecular flexibility index (Phi) is 5.34. The Hall–Kier alpha value is -1.76. The van der Waals surface area contributed by atoms with Crippen LogP contribution in [0.15, 0.2) is 18.2 Å². The van der Waals surface area contributed by atoms with E-state index in [0.29, 0.717) is 11.4 Å². The average molecular weight is 383 g/mol. The van der Waals surface area contributed by atoms with Gasteiger partial charge in [0.05, 0.1) is 18.5 Å². The van der Waals surface area contributed by atoms with Crippen molar-refractivity contribution in [3.8, 4) is 5.75 Å². The van der Waals surface area contributed by atoms with Gasteiger partial charge in [-0.1, -0.05) is 26.8 Å². The van der Waals surface area contributed by atoms with Crippen molar-refractivity contribution < 1.29 is 17.9 Å². The maximum Gasteiger partial charge on any atom is 0.263 e. The third-order valence-electron chi connectivity index (χ3n) is 4.11. The van der Waals surface area contributed by atoms with E-state index in [9.17, 15) is 13.2 Å². The molecule has 1 heterocycles. The standard InChI is InChI=1S/C19H30N2O4S/c1-13-8-9-14-15(10-13)25-16(11-21(14)26(7,23)24)17(22)20-19(5,6)12-18(2,3)4/h8-10,16H,11-12H2,1-7H3,(H,20,22). The first-order chi connectivity index (χ1) is 11.7. The molecular weight excluding hydrogens is 352 g/mol. The van der Waals surface area contributed by atoms with Crippen LogP contribution in [0.3, 0.4) is 0 Å². The number of nitrogens with one attached hydrogen (secondary N) is 1. The highest BCUT2D eigenvalue weighted by atomic mass is 32.2. The van der Waals surface area contributed by atoms with Crippen molar-refractivity contribution >= 4 is 21.6 Å². The third kappa shape index (κ3) is 5.13. The number of hydrogen-bond donors (Lipinski definition) is 1. The largest absolute Gasteiger partial charge is 0.476 e. The zero-order valence-corrected chi connectivity index (χ0v) is 17.5. The van der Waals surface area contributed by atoms with Crippen molar-refractivity contribution in [3.05, 3.63) is 23.8 Å². The summed E-state index contributed by atoms with van der Waals surface area (Å²) in [6.07, 6.45) is 1.03. The Bertz CT molecular complexity index is 794. The molecule has 7 heteroatoms. The van der Waals surface area contributed by atoms with Crippen molar-refractivity contribution in [2.24, 2.45) is 5.41 Å². The predicted octanol–water partition coefficient (Wildman–Crippen LogP) is 2.85. The van der Waals surface area contributed by atoms with Gasteiger partial charge in [-0.2, -0.15) is 0 Å². The molecular formula is C19H30N2O4S. The number of benzene rings is 1. The van der Waals surface area contributed by atoms with Gasteiger partial charge in [-0.15, -0.1) is 0 Å². The number of ether oxygens (including phenoxy) is 1. The van der Waals surface area contributed by atoms with Gasteiger partial charge in [0.2, 0.25) is 10.0 Å². The average Bonchev–Trinajstić information content (AvgIpc) is 2.41. The van der Waals surface area contributed by atoms with Crippen molar-refractivity contribution in [1.29, 1.82) is 0 Å². The minimum Gasteiger partial charge on any atom is -0.476 e. The summed E-state index contributed by atoms with van der Waals surface area (Å²) < 4.78 is 31.5. The summed E-state index contributed by atoms with van der Waals surface area (Å²) in [4.78, 5) is 12.8. The van der Waals surface area contributed by atoms with E-state index in [-0.39, 0.29) is 17.9 Å². The molecule has 1 aliphatic heterocycles. The molecule has 1 aromatic rings. The summed E-state index contributed by atoms with van der Waals surface area (Å²) in [5.74, 6) is 0.107. The minimum atomic E-state index is -3.52. The molecule has 1 N–H and O–H groups in total. The third-order valence-corrected chi connectivity index (χ3v) is 5.26. The van der Waals surface area contributed by atoms with Gasteiger partial charge in [-0.05, 0) is 50.3 Å². The van der Waals surface area contributed by atoms with Crippen LogP contribution in [0.5, 0.6) is 5.75 Å². The second kappa shape index (κ2) is 6.76. The lowest BCUT2D eigenvalue weighted by Crippen LogP contribution is -2.55. The van der Waals surface area contributed by atoms with Gasteiger partial charge < -0.3 is 10.1 Å². The van der Waals surface area contributed by atoms with Crippen molar-refractivity contribution in [2.45, 2.75) is 59.6 Å². The summed E-state index contributed by atoms with van der Waals surface area (Å²) in [5.41, 5.74) is 1.02. The van der Waals surface area contributed by atoms with E-state index in [2.05, 4.69) is 26.1 Å². The summed E-state index contributed by atoms with van der Waals surface area (Å²) in [7, 11) is -3.52. The normalized spacial score (nSPS) is 18.1. The molecule has 0 bridgehead atoms. The fourth-order valence-electron chi connectivity index (χ4n) is 3.60. The van der Waals surface area contributed by atoms with E-state index in [4.69, 9.17) is 4.74 Å². The van der Waals surface area contributed by atoms with Gasteiger partial charge >= 0.3 is 0 Å². The molecule has 6 nitrogen and oxygen atoms in total. The lowest BCUT2D eigenvalue weighted by atomic mass is 9.81. The van der Waals surface area contributed by atoms with Crippen LogP contribution in [0.4, 0.5) is 5.69 Å². The monoisotopic (exact) mass is 382 g/mol. The molecule has 0 aromatic heterocycles. The summed E-state index contributed by atoms with van der Waals surface area (Å²) >= 11 is 0. The van der Waals surface area contributed by atoms with E-state index in [1.165, 1.54) is 4.31 Å². The first-order valence-electron chi connectivity index (χ1n) is 8.75. The quantitative estimate of drug-likeness (QED) is 0.869. The number of nitrogens with zero attached hydrogens (tertiary/aromatic N) is 1. The number of hydrogen-bond acceptors (Lipinski definition) is 4. The fourth-order valence-corrected chi connectivity index (χ4v) is 4.51. The van der Waals surface area contributed by atoms with Gasteiger partial charge in [0.25, 0.3) is 5.91 Å². The van der Waals surface area contributed by atoms with Gasteiger partial charge in [0.1, 0.15) is 5.75 Å². The Balaban J connectivity index is 2.27. The number of aryl methyl sites for hydroxylation is 1. The topological polar surface area (TPSA) is 75.7 Å². The fraction of sp³-hybridized carbons (Fsp3) is 0.632. The van der Waals surface area contributed by atoms with Crippen LogP contribution < -0.4 is 14.4 Å². The number of fused-ring (bicyclic) bond motifs is 1. The summed E-state index contributed by atoms with van der Waals surface area (Å²) in [6.45, 7) is 12.1. The summed E-state index contributed by atoms with van der Waals surface area (Å²) in [5, 5.41) is 3.01. The zero-order chi connectivity index (χ0) is 19.9. The number of sulfonamides is 1. The van der Waals surface area contributed by atoms with Gasteiger partial charge in [0, 0.05) is 5.54 Å². The maximum atomic E-state index is 12.8. The first kappa shape index (κ1) is 20.6. The molecule has 0 saturated heterocycles. The lowest BCUT2D eigenvalue weighted by Gasteiger charge is -2.37. The number of carbonyl (C=O) groups excluding carboxylic acids is 1. The second-order valence-electron chi connectivity index (χ2n) is 8.98. The predicted molar refractivity (Wildman–Crippen MR) is 104 cm³/mol. The highest BCUT2D eigenvalue weighted by Crippen LogP contribution is 2.36.